The number of phenols is 1. The third kappa shape index (κ3) is 3.52. The molecule has 1 amide bonds. The molecule has 0 aliphatic heterocycles. The van der Waals surface area contributed by atoms with E-state index in [1.807, 2.05) is 0 Å². The normalized spacial score (nSPS) is 10.5. The highest BCUT2D eigenvalue weighted by atomic mass is 35.5. The molecule has 3 rings (SSSR count). The van der Waals surface area contributed by atoms with Crippen LogP contribution in [0, 0.1) is 5.82 Å². The molecule has 6 nitrogen and oxygen atoms in total. The number of hydrogen-bond donors (Lipinski definition) is 3. The smallest absolute Gasteiger partial charge is 0.339 e. The van der Waals surface area contributed by atoms with Gasteiger partial charge in [0.25, 0.3) is 5.91 Å². The first kappa shape index (κ1) is 17.5. The molecule has 3 N–H and O–H groups in total. The Morgan fingerprint density at radius 3 is 2.50 bits per heavy atom. The highest BCUT2D eigenvalue weighted by Gasteiger charge is 2.15. The average molecular weight is 376 g/mol. The van der Waals surface area contributed by atoms with Gasteiger partial charge in [0.05, 0.1) is 5.02 Å². The summed E-state index contributed by atoms with van der Waals surface area (Å²) >= 11 is 5.73. The first-order chi connectivity index (χ1) is 12.3. The van der Waals surface area contributed by atoms with Gasteiger partial charge in [-0.05, 0) is 42.5 Å². The summed E-state index contributed by atoms with van der Waals surface area (Å²) in [5, 5.41) is 20.9. The molecule has 0 unspecified atom stereocenters. The van der Waals surface area contributed by atoms with Crippen molar-refractivity contribution in [1.29, 1.82) is 0 Å². The lowest BCUT2D eigenvalue weighted by atomic mass is 10.2. The van der Waals surface area contributed by atoms with Crippen molar-refractivity contribution in [2.24, 2.45) is 0 Å². The molecule has 0 spiro atoms. The Balaban J connectivity index is 1.79. The Morgan fingerprint density at radius 2 is 1.85 bits per heavy atom. The number of carbonyl (C=O) groups is 2. The molecule has 0 aliphatic rings. The van der Waals surface area contributed by atoms with Gasteiger partial charge in [-0.25, -0.2) is 9.18 Å². The van der Waals surface area contributed by atoms with Gasteiger partial charge in [0.15, 0.2) is 5.76 Å². The summed E-state index contributed by atoms with van der Waals surface area (Å²) in [6.45, 7) is 0. The van der Waals surface area contributed by atoms with Crippen molar-refractivity contribution in [2.75, 3.05) is 5.32 Å². The molecular weight excluding hydrogens is 365 g/mol. The zero-order valence-electron chi connectivity index (χ0n) is 13.0. The highest BCUT2D eigenvalue weighted by molar-refractivity contribution is 6.31. The molecule has 0 atom stereocenters. The van der Waals surface area contributed by atoms with Crippen molar-refractivity contribution in [3.8, 4) is 17.1 Å². The quantitative estimate of drug-likeness (QED) is 0.627. The number of aromatic carboxylic acids is 1. The van der Waals surface area contributed by atoms with Gasteiger partial charge < -0.3 is 19.9 Å². The zero-order chi connectivity index (χ0) is 18.8. The van der Waals surface area contributed by atoms with E-state index in [2.05, 4.69) is 5.32 Å². The van der Waals surface area contributed by atoms with Crippen LogP contribution in [0.4, 0.5) is 10.1 Å². The lowest BCUT2D eigenvalue weighted by molar-refractivity contribution is 0.0693. The van der Waals surface area contributed by atoms with E-state index < -0.39 is 23.4 Å². The van der Waals surface area contributed by atoms with Crippen LogP contribution in [0.2, 0.25) is 5.02 Å². The van der Waals surface area contributed by atoms with Gasteiger partial charge in [-0.2, -0.15) is 0 Å². The average Bonchev–Trinajstić information content (AvgIpc) is 3.07. The molecule has 0 fully saturated rings. The first-order valence-electron chi connectivity index (χ1n) is 7.28. The number of amides is 1. The fraction of sp³-hybridized carbons (Fsp3) is 0. The minimum Gasteiger partial charge on any atom is -0.507 e. The van der Waals surface area contributed by atoms with Crippen LogP contribution in [0.5, 0.6) is 5.75 Å². The summed E-state index contributed by atoms with van der Waals surface area (Å²) in [6, 6.07) is 10.6. The summed E-state index contributed by atoms with van der Waals surface area (Å²) < 4.78 is 18.7. The fourth-order valence-corrected chi connectivity index (χ4v) is 2.43. The zero-order valence-corrected chi connectivity index (χ0v) is 13.7. The van der Waals surface area contributed by atoms with Crippen molar-refractivity contribution in [1.82, 2.24) is 0 Å². The van der Waals surface area contributed by atoms with Gasteiger partial charge in [-0.1, -0.05) is 11.6 Å². The number of anilines is 1. The Morgan fingerprint density at radius 1 is 1.08 bits per heavy atom. The number of carbonyl (C=O) groups excluding carboxylic acids is 1. The highest BCUT2D eigenvalue weighted by Crippen LogP contribution is 2.27. The first-order valence-corrected chi connectivity index (χ1v) is 7.66. The Labute approximate surface area is 151 Å². The maximum absolute atomic E-state index is 13.2. The Hall–Kier alpha value is -3.32. The molecular formula is C18H11ClFNO5. The van der Waals surface area contributed by atoms with Gasteiger partial charge >= 0.3 is 5.97 Å². The van der Waals surface area contributed by atoms with Crippen molar-refractivity contribution < 1.29 is 28.6 Å². The van der Waals surface area contributed by atoms with Crippen LogP contribution in [0.15, 0.2) is 52.9 Å². The van der Waals surface area contributed by atoms with Crippen LogP contribution < -0.4 is 5.32 Å². The number of hydrogen-bond acceptors (Lipinski definition) is 4. The third-order valence-electron chi connectivity index (χ3n) is 3.52. The number of nitrogens with one attached hydrogen (secondary N) is 1. The molecule has 0 bridgehead atoms. The van der Waals surface area contributed by atoms with Gasteiger partial charge in [0.2, 0.25) is 0 Å². The van der Waals surface area contributed by atoms with Crippen LogP contribution in [0.3, 0.4) is 0 Å². The van der Waals surface area contributed by atoms with Gasteiger partial charge in [0, 0.05) is 17.3 Å². The number of rotatable bonds is 4. The number of aromatic hydroxyl groups is 1. The van der Waals surface area contributed by atoms with E-state index in [0.717, 1.165) is 6.07 Å². The molecule has 26 heavy (non-hydrogen) atoms. The van der Waals surface area contributed by atoms with Crippen LogP contribution in [-0.2, 0) is 0 Å². The van der Waals surface area contributed by atoms with E-state index in [4.69, 9.17) is 21.1 Å². The molecule has 0 aliphatic carbocycles. The molecule has 8 heteroatoms. The minimum atomic E-state index is -1.28. The van der Waals surface area contributed by atoms with Crippen molar-refractivity contribution in [3.63, 3.8) is 0 Å². The lowest BCUT2D eigenvalue weighted by Gasteiger charge is -2.05. The van der Waals surface area contributed by atoms with Gasteiger partial charge in [-0.3, -0.25) is 4.79 Å². The second-order valence-electron chi connectivity index (χ2n) is 5.28. The molecule has 0 radical (unpaired) electrons. The molecule has 0 saturated carbocycles. The molecule has 3 aromatic rings. The maximum atomic E-state index is 13.2. The number of carboxylic acid groups (broad SMARTS) is 1. The Kier molecular flexibility index (Phi) is 4.64. The van der Waals surface area contributed by atoms with Crippen molar-refractivity contribution in [3.05, 3.63) is 70.7 Å². The second kappa shape index (κ2) is 6.89. The van der Waals surface area contributed by atoms with Gasteiger partial charge in [-0.15, -0.1) is 0 Å². The molecule has 1 heterocycles. The summed E-state index contributed by atoms with van der Waals surface area (Å²) in [4.78, 5) is 23.1. The van der Waals surface area contributed by atoms with Crippen LogP contribution in [0.1, 0.15) is 20.9 Å². The van der Waals surface area contributed by atoms with E-state index in [-0.39, 0.29) is 22.0 Å². The second-order valence-corrected chi connectivity index (χ2v) is 5.69. The maximum Gasteiger partial charge on any atom is 0.339 e. The van der Waals surface area contributed by atoms with Crippen molar-refractivity contribution >= 4 is 29.2 Å². The summed E-state index contributed by atoms with van der Waals surface area (Å²) in [5.41, 5.74) is 0.413. The lowest BCUT2D eigenvalue weighted by Crippen LogP contribution is -2.11. The number of benzene rings is 2. The summed E-state index contributed by atoms with van der Waals surface area (Å²) in [6.07, 6.45) is 0. The molecule has 2 aromatic carbocycles. The molecule has 1 aromatic heterocycles. The molecule has 132 valence electrons. The monoisotopic (exact) mass is 375 g/mol. The topological polar surface area (TPSA) is 99.8 Å². The van der Waals surface area contributed by atoms with E-state index in [1.165, 1.54) is 42.5 Å². The van der Waals surface area contributed by atoms with E-state index >= 15 is 0 Å². The standard InChI is InChI=1S/C18H11ClFNO5/c19-12-7-9(1-4-13(12)20)15-5-6-16(26-15)17(23)21-10-2-3-11(18(24)25)14(22)8-10/h1-8,22H,(H,21,23)(H,24,25). The SMILES string of the molecule is O=C(Nc1ccc(C(=O)O)c(O)c1)c1ccc(-c2ccc(F)c(Cl)c2)o1. The van der Waals surface area contributed by atoms with Gasteiger partial charge in [0.1, 0.15) is 22.9 Å². The van der Waals surface area contributed by atoms with Crippen molar-refractivity contribution in [2.45, 2.75) is 0 Å². The Bertz CT molecular complexity index is 1010. The minimum absolute atomic E-state index is 0.0257. The third-order valence-corrected chi connectivity index (χ3v) is 3.81. The molecule has 0 saturated heterocycles. The van der Waals surface area contributed by atoms with E-state index in [1.54, 1.807) is 0 Å². The van der Waals surface area contributed by atoms with Crippen LogP contribution in [-0.4, -0.2) is 22.1 Å². The largest absolute Gasteiger partial charge is 0.507 e. The van der Waals surface area contributed by atoms with E-state index in [9.17, 15) is 19.1 Å². The fourth-order valence-electron chi connectivity index (χ4n) is 2.25. The number of halogens is 2. The number of carboxylic acids is 1. The van der Waals surface area contributed by atoms with E-state index in [0.29, 0.717) is 11.3 Å². The predicted octanol–water partition coefficient (Wildman–Crippen LogP) is 4.40. The predicted molar refractivity (Wildman–Crippen MR) is 92.1 cm³/mol. The summed E-state index contributed by atoms with van der Waals surface area (Å²) in [7, 11) is 0. The van der Waals surface area contributed by atoms with Crippen LogP contribution in [0.25, 0.3) is 11.3 Å². The summed E-state index contributed by atoms with van der Waals surface area (Å²) in [5.74, 6) is -2.63. The number of furan rings is 1. The van der Waals surface area contributed by atoms with Crippen LogP contribution >= 0.6 is 11.6 Å².